The first-order chi connectivity index (χ1) is 9.90. The molecule has 0 bridgehead atoms. The lowest BCUT2D eigenvalue weighted by Gasteiger charge is -2.13. The molecule has 0 spiro atoms. The zero-order valence-electron chi connectivity index (χ0n) is 12.5. The molecule has 1 aromatic carbocycles. The number of anilines is 2. The summed E-state index contributed by atoms with van der Waals surface area (Å²) < 4.78 is 1.01. The number of carbonyl (C=O) groups excluding carboxylic acids is 1. The van der Waals surface area contributed by atoms with E-state index in [2.05, 4.69) is 31.5 Å². The Balaban J connectivity index is 2.32. The van der Waals surface area contributed by atoms with E-state index in [0.29, 0.717) is 11.4 Å². The van der Waals surface area contributed by atoms with Gasteiger partial charge in [-0.2, -0.15) is 0 Å². The summed E-state index contributed by atoms with van der Waals surface area (Å²) in [4.78, 5) is 16.7. The van der Waals surface area contributed by atoms with Gasteiger partial charge in [0.15, 0.2) is 0 Å². The van der Waals surface area contributed by atoms with Crippen LogP contribution in [0.3, 0.4) is 0 Å². The van der Waals surface area contributed by atoms with Gasteiger partial charge in [0.2, 0.25) is 0 Å². The highest BCUT2D eigenvalue weighted by atomic mass is 79.9. The number of carbonyl (C=O) groups is 1. The van der Waals surface area contributed by atoms with Crippen molar-refractivity contribution in [3.05, 3.63) is 51.1 Å². The van der Waals surface area contributed by atoms with Crippen LogP contribution in [0.1, 0.15) is 27.2 Å². The average molecular weight is 348 g/mol. The molecule has 0 aliphatic carbocycles. The molecule has 4 nitrogen and oxygen atoms in total. The van der Waals surface area contributed by atoms with Crippen LogP contribution in [0, 0.1) is 20.8 Å². The lowest BCUT2D eigenvalue weighted by Crippen LogP contribution is -2.14. The van der Waals surface area contributed by atoms with Gasteiger partial charge in [0.05, 0.1) is 0 Å². The molecule has 5 heteroatoms. The average Bonchev–Trinajstić information content (AvgIpc) is 2.41. The normalized spacial score (nSPS) is 10.3. The molecule has 0 radical (unpaired) electrons. The molecule has 0 unspecified atom stereocenters. The van der Waals surface area contributed by atoms with Crippen molar-refractivity contribution in [1.82, 2.24) is 4.98 Å². The molecule has 0 saturated carbocycles. The first-order valence-corrected chi connectivity index (χ1v) is 7.44. The third-order valence-electron chi connectivity index (χ3n) is 3.21. The minimum absolute atomic E-state index is 0.134. The lowest BCUT2D eigenvalue weighted by molar-refractivity contribution is 0.102. The summed E-state index contributed by atoms with van der Waals surface area (Å²) >= 11 is 3.46. The van der Waals surface area contributed by atoms with Crippen LogP contribution in [-0.2, 0) is 0 Å². The SMILES string of the molecule is CNc1cc(C(=O)Nc2c(C)cc(Br)cc2C)cc(C)n1. The van der Waals surface area contributed by atoms with Crippen LogP contribution >= 0.6 is 15.9 Å². The van der Waals surface area contributed by atoms with Crippen molar-refractivity contribution in [2.75, 3.05) is 17.7 Å². The number of nitrogens with one attached hydrogen (secondary N) is 2. The van der Waals surface area contributed by atoms with Crippen molar-refractivity contribution < 1.29 is 4.79 Å². The summed E-state index contributed by atoms with van der Waals surface area (Å²) in [5.74, 6) is 0.551. The molecule has 0 aliphatic rings. The highest BCUT2D eigenvalue weighted by molar-refractivity contribution is 9.10. The third-order valence-corrected chi connectivity index (χ3v) is 3.67. The van der Waals surface area contributed by atoms with E-state index in [4.69, 9.17) is 0 Å². The maximum Gasteiger partial charge on any atom is 0.255 e. The zero-order chi connectivity index (χ0) is 15.6. The Morgan fingerprint density at radius 3 is 2.29 bits per heavy atom. The van der Waals surface area contributed by atoms with Gasteiger partial charge in [0, 0.05) is 28.5 Å². The second-order valence-corrected chi connectivity index (χ2v) is 5.92. The Hall–Kier alpha value is -1.88. The van der Waals surface area contributed by atoms with Crippen molar-refractivity contribution >= 4 is 33.3 Å². The summed E-state index contributed by atoms with van der Waals surface area (Å²) in [5, 5.41) is 5.95. The van der Waals surface area contributed by atoms with E-state index in [0.717, 1.165) is 27.0 Å². The Morgan fingerprint density at radius 1 is 1.10 bits per heavy atom. The van der Waals surface area contributed by atoms with E-state index in [1.54, 1.807) is 19.2 Å². The molecule has 1 heterocycles. The molecule has 0 aliphatic heterocycles. The molecule has 0 saturated heterocycles. The number of aryl methyl sites for hydroxylation is 3. The molecule has 110 valence electrons. The fourth-order valence-corrected chi connectivity index (χ4v) is 2.91. The molecular weight excluding hydrogens is 330 g/mol. The fourth-order valence-electron chi connectivity index (χ4n) is 2.22. The lowest BCUT2D eigenvalue weighted by atomic mass is 10.1. The van der Waals surface area contributed by atoms with Gasteiger partial charge >= 0.3 is 0 Å². The van der Waals surface area contributed by atoms with Gasteiger partial charge in [0.25, 0.3) is 5.91 Å². The van der Waals surface area contributed by atoms with E-state index in [1.807, 2.05) is 32.9 Å². The molecule has 0 fully saturated rings. The van der Waals surface area contributed by atoms with Crippen LogP contribution in [0.4, 0.5) is 11.5 Å². The molecule has 0 atom stereocenters. The minimum atomic E-state index is -0.134. The van der Waals surface area contributed by atoms with Gasteiger partial charge in [-0.3, -0.25) is 4.79 Å². The van der Waals surface area contributed by atoms with Gasteiger partial charge in [0.1, 0.15) is 5.82 Å². The highest BCUT2D eigenvalue weighted by Gasteiger charge is 2.12. The maximum atomic E-state index is 12.4. The number of hydrogen-bond donors (Lipinski definition) is 2. The van der Waals surface area contributed by atoms with Gasteiger partial charge in [-0.25, -0.2) is 4.98 Å². The van der Waals surface area contributed by atoms with E-state index < -0.39 is 0 Å². The predicted octanol–water partition coefficient (Wildman–Crippen LogP) is 4.06. The van der Waals surface area contributed by atoms with Crippen molar-refractivity contribution in [3.8, 4) is 0 Å². The van der Waals surface area contributed by atoms with Crippen molar-refractivity contribution in [2.45, 2.75) is 20.8 Å². The van der Waals surface area contributed by atoms with Crippen molar-refractivity contribution in [3.63, 3.8) is 0 Å². The van der Waals surface area contributed by atoms with Gasteiger partial charge in [-0.05, 0) is 56.2 Å². The van der Waals surface area contributed by atoms with Crippen molar-refractivity contribution in [2.24, 2.45) is 0 Å². The molecule has 1 aromatic heterocycles. The van der Waals surface area contributed by atoms with Gasteiger partial charge in [-0.1, -0.05) is 15.9 Å². The molecular formula is C16H18BrN3O. The Morgan fingerprint density at radius 2 is 1.71 bits per heavy atom. The number of nitrogens with zero attached hydrogens (tertiary/aromatic N) is 1. The zero-order valence-corrected chi connectivity index (χ0v) is 14.1. The smallest absolute Gasteiger partial charge is 0.255 e. The molecule has 21 heavy (non-hydrogen) atoms. The monoisotopic (exact) mass is 347 g/mol. The van der Waals surface area contributed by atoms with Crippen LogP contribution in [0.25, 0.3) is 0 Å². The molecule has 2 N–H and O–H groups in total. The maximum absolute atomic E-state index is 12.4. The standard InChI is InChI=1S/C16H18BrN3O/c1-9-5-13(17)6-10(2)15(9)20-16(21)12-7-11(3)19-14(8-12)18-4/h5-8H,1-4H3,(H,18,19)(H,20,21). The summed E-state index contributed by atoms with van der Waals surface area (Å²) in [6.07, 6.45) is 0. The van der Waals surface area contributed by atoms with E-state index in [-0.39, 0.29) is 5.91 Å². The van der Waals surface area contributed by atoms with Crippen molar-refractivity contribution in [1.29, 1.82) is 0 Å². The molecule has 2 rings (SSSR count). The summed E-state index contributed by atoms with van der Waals surface area (Å²) in [6.45, 7) is 5.82. The molecule has 2 aromatic rings. The quantitative estimate of drug-likeness (QED) is 0.879. The minimum Gasteiger partial charge on any atom is -0.373 e. The molecule has 1 amide bonds. The van der Waals surface area contributed by atoms with Crippen LogP contribution in [0.5, 0.6) is 0 Å². The second-order valence-electron chi connectivity index (χ2n) is 5.00. The van der Waals surface area contributed by atoms with E-state index >= 15 is 0 Å². The first kappa shape index (κ1) is 15.5. The third kappa shape index (κ3) is 3.61. The Kier molecular flexibility index (Phi) is 4.63. The summed E-state index contributed by atoms with van der Waals surface area (Å²) in [7, 11) is 1.78. The number of amides is 1. The predicted molar refractivity (Wildman–Crippen MR) is 90.1 cm³/mol. The van der Waals surface area contributed by atoms with E-state index in [1.165, 1.54) is 0 Å². The van der Waals surface area contributed by atoms with Crippen LogP contribution < -0.4 is 10.6 Å². The fraction of sp³-hybridized carbons (Fsp3) is 0.250. The highest BCUT2D eigenvalue weighted by Crippen LogP contribution is 2.25. The number of pyridine rings is 1. The van der Waals surface area contributed by atoms with Gasteiger partial charge < -0.3 is 10.6 Å². The van der Waals surface area contributed by atoms with E-state index in [9.17, 15) is 4.79 Å². The van der Waals surface area contributed by atoms with Gasteiger partial charge in [-0.15, -0.1) is 0 Å². The second kappa shape index (κ2) is 6.26. The topological polar surface area (TPSA) is 54.0 Å². The summed E-state index contributed by atoms with van der Waals surface area (Å²) in [6, 6.07) is 7.49. The Bertz CT molecular complexity index is 675. The van der Waals surface area contributed by atoms with Crippen LogP contribution in [0.15, 0.2) is 28.7 Å². The first-order valence-electron chi connectivity index (χ1n) is 6.65. The number of halogens is 1. The number of benzene rings is 1. The van der Waals surface area contributed by atoms with Crippen LogP contribution in [-0.4, -0.2) is 17.9 Å². The summed E-state index contributed by atoms with van der Waals surface area (Å²) in [5.41, 5.74) is 4.29. The Labute approximate surface area is 133 Å². The number of rotatable bonds is 3. The number of hydrogen-bond acceptors (Lipinski definition) is 3. The van der Waals surface area contributed by atoms with Crippen LogP contribution in [0.2, 0.25) is 0 Å². The largest absolute Gasteiger partial charge is 0.373 e. The number of aromatic nitrogens is 1.